The number of hydrogen-bond acceptors (Lipinski definition) is 1. The summed E-state index contributed by atoms with van der Waals surface area (Å²) in [5.41, 5.74) is -0.625. The van der Waals surface area contributed by atoms with Crippen LogP contribution in [0.4, 0.5) is 0 Å². The van der Waals surface area contributed by atoms with Crippen molar-refractivity contribution in [2.75, 3.05) is 6.16 Å². The highest BCUT2D eigenvalue weighted by Crippen LogP contribution is 2.56. The van der Waals surface area contributed by atoms with Crippen molar-refractivity contribution in [3.05, 3.63) is 91.0 Å². The minimum atomic E-state index is -1.84. The van der Waals surface area contributed by atoms with Gasteiger partial charge >= 0.3 is 0 Å². The molecule has 3 heteroatoms. The zero-order chi connectivity index (χ0) is 19.9. The second-order valence-corrected chi connectivity index (χ2v) is 11.5. The second-order valence-electron chi connectivity index (χ2n) is 7.89. The zero-order valence-corrected chi connectivity index (χ0v) is 20.5. The molecular formula is C26H32IOP. The van der Waals surface area contributed by atoms with E-state index in [2.05, 4.69) is 97.9 Å². The van der Waals surface area contributed by atoms with Crippen LogP contribution in [0.15, 0.2) is 91.0 Å². The van der Waals surface area contributed by atoms with Gasteiger partial charge in [-0.1, -0.05) is 74.4 Å². The fourth-order valence-electron chi connectivity index (χ4n) is 3.97. The molecule has 1 nitrogen and oxygen atoms in total. The van der Waals surface area contributed by atoms with Crippen LogP contribution >= 0.6 is 7.26 Å². The SMILES string of the molecule is CCCC[C@](C)(O)CC[P+](c1ccccc1)(c1ccccc1)c1ccccc1.[I-]. The van der Waals surface area contributed by atoms with E-state index < -0.39 is 12.9 Å². The molecule has 0 radical (unpaired) electrons. The van der Waals surface area contributed by atoms with E-state index in [1.807, 2.05) is 6.92 Å². The Kier molecular flexibility index (Phi) is 9.33. The fourth-order valence-corrected chi connectivity index (χ4v) is 8.50. The van der Waals surface area contributed by atoms with E-state index >= 15 is 0 Å². The maximum atomic E-state index is 11.1. The molecule has 0 aliphatic carbocycles. The minimum absolute atomic E-state index is 0. The molecule has 1 atom stereocenters. The number of halogens is 1. The van der Waals surface area contributed by atoms with Crippen molar-refractivity contribution in [1.29, 1.82) is 0 Å². The molecule has 1 N–H and O–H groups in total. The van der Waals surface area contributed by atoms with Gasteiger partial charge < -0.3 is 29.1 Å². The van der Waals surface area contributed by atoms with E-state index in [1.54, 1.807) is 0 Å². The average Bonchev–Trinajstić information content (AvgIpc) is 2.75. The highest BCUT2D eigenvalue weighted by atomic mass is 127. The van der Waals surface area contributed by atoms with Crippen LogP contribution in [0.1, 0.15) is 39.5 Å². The molecule has 0 unspecified atom stereocenters. The van der Waals surface area contributed by atoms with Crippen LogP contribution in [0.5, 0.6) is 0 Å². The van der Waals surface area contributed by atoms with Crippen molar-refractivity contribution >= 4 is 23.2 Å². The topological polar surface area (TPSA) is 20.2 Å². The Labute approximate surface area is 193 Å². The van der Waals surface area contributed by atoms with Crippen molar-refractivity contribution in [2.45, 2.75) is 45.1 Å². The van der Waals surface area contributed by atoms with Crippen LogP contribution in [-0.2, 0) is 0 Å². The van der Waals surface area contributed by atoms with Gasteiger partial charge in [0.05, 0.1) is 11.8 Å². The van der Waals surface area contributed by atoms with Gasteiger partial charge in [0.15, 0.2) is 0 Å². The molecule has 0 saturated carbocycles. The smallest absolute Gasteiger partial charge is 0.112 e. The molecule has 3 rings (SSSR count). The molecule has 3 aromatic rings. The predicted molar refractivity (Wildman–Crippen MR) is 125 cm³/mol. The third-order valence-electron chi connectivity index (χ3n) is 5.65. The Hall–Kier alpha value is -1.22. The third-order valence-corrected chi connectivity index (χ3v) is 10.1. The maximum Gasteiger partial charge on any atom is 0.112 e. The Bertz CT molecular complexity index is 738. The van der Waals surface area contributed by atoms with Crippen LogP contribution in [0, 0.1) is 0 Å². The Morgan fingerprint density at radius 3 is 1.41 bits per heavy atom. The van der Waals surface area contributed by atoms with Crippen molar-refractivity contribution in [1.82, 2.24) is 0 Å². The summed E-state index contributed by atoms with van der Waals surface area (Å²) < 4.78 is 0. The summed E-state index contributed by atoms with van der Waals surface area (Å²) >= 11 is 0. The average molecular weight is 518 g/mol. The van der Waals surface area contributed by atoms with Gasteiger partial charge in [-0.2, -0.15) is 0 Å². The third kappa shape index (κ3) is 5.90. The van der Waals surface area contributed by atoms with E-state index in [9.17, 15) is 5.11 Å². The van der Waals surface area contributed by atoms with E-state index in [0.717, 1.165) is 31.8 Å². The lowest BCUT2D eigenvalue weighted by atomic mass is 9.96. The summed E-state index contributed by atoms with van der Waals surface area (Å²) in [4.78, 5) is 0. The van der Waals surface area contributed by atoms with Crippen LogP contribution in [-0.4, -0.2) is 16.9 Å². The van der Waals surface area contributed by atoms with Crippen LogP contribution in [0.3, 0.4) is 0 Å². The van der Waals surface area contributed by atoms with Gasteiger partial charge in [-0.3, -0.25) is 0 Å². The van der Waals surface area contributed by atoms with Crippen LogP contribution in [0.25, 0.3) is 0 Å². The van der Waals surface area contributed by atoms with Gasteiger partial charge in [0.1, 0.15) is 23.2 Å². The number of unbranched alkanes of at least 4 members (excludes halogenated alkanes) is 1. The lowest BCUT2D eigenvalue weighted by Crippen LogP contribution is -3.00. The number of hydrogen-bond donors (Lipinski definition) is 1. The molecule has 0 amide bonds. The first-order valence-corrected chi connectivity index (χ1v) is 12.3. The molecule has 3 aromatic carbocycles. The van der Waals surface area contributed by atoms with Crippen LogP contribution < -0.4 is 39.9 Å². The van der Waals surface area contributed by atoms with Crippen molar-refractivity contribution in [2.24, 2.45) is 0 Å². The van der Waals surface area contributed by atoms with Crippen molar-refractivity contribution in [3.63, 3.8) is 0 Å². The molecule has 29 heavy (non-hydrogen) atoms. The van der Waals surface area contributed by atoms with Crippen molar-refractivity contribution < 1.29 is 29.1 Å². The first-order valence-electron chi connectivity index (χ1n) is 10.4. The van der Waals surface area contributed by atoms with Gasteiger partial charge in [-0.05, 0) is 49.7 Å². The van der Waals surface area contributed by atoms with Gasteiger partial charge in [0, 0.05) is 6.42 Å². The first kappa shape index (κ1) is 24.1. The Morgan fingerprint density at radius 2 is 1.07 bits per heavy atom. The largest absolute Gasteiger partial charge is 1.00 e. The van der Waals surface area contributed by atoms with Gasteiger partial charge in [0.2, 0.25) is 0 Å². The number of benzene rings is 3. The maximum absolute atomic E-state index is 11.1. The molecule has 0 aliphatic rings. The lowest BCUT2D eigenvalue weighted by Gasteiger charge is -2.31. The molecule has 0 saturated heterocycles. The number of aliphatic hydroxyl groups is 1. The molecule has 0 aliphatic heterocycles. The van der Waals surface area contributed by atoms with E-state index in [0.29, 0.717) is 0 Å². The summed E-state index contributed by atoms with van der Waals surface area (Å²) in [6.45, 7) is 4.20. The zero-order valence-electron chi connectivity index (χ0n) is 17.5. The number of rotatable bonds is 9. The summed E-state index contributed by atoms with van der Waals surface area (Å²) in [6, 6.07) is 32.8. The standard InChI is InChI=1S/C26H32OP.HI/c1-3-4-20-26(2,27)21-22-28(23-14-8-5-9-15-23,24-16-10-6-11-17-24)25-18-12-7-13-19-25;/h5-19,27H,3-4,20-22H2,1-2H3;1H/q+1;/p-1/t26-;/m0./s1. The quantitative estimate of drug-likeness (QED) is 0.341. The summed E-state index contributed by atoms with van der Waals surface area (Å²) in [5.74, 6) is 0. The summed E-state index contributed by atoms with van der Waals surface area (Å²) in [6.07, 6.45) is 4.83. The van der Waals surface area contributed by atoms with Crippen LogP contribution in [0.2, 0.25) is 0 Å². The van der Waals surface area contributed by atoms with E-state index in [4.69, 9.17) is 0 Å². The monoisotopic (exact) mass is 518 g/mol. The molecule has 0 aromatic heterocycles. The predicted octanol–water partition coefficient (Wildman–Crippen LogP) is 2.32. The normalized spacial score (nSPS) is 13.3. The van der Waals surface area contributed by atoms with Gasteiger partial charge in [-0.25, -0.2) is 0 Å². The molecule has 0 fully saturated rings. The first-order chi connectivity index (χ1) is 13.6. The fraction of sp³-hybridized carbons (Fsp3) is 0.308. The minimum Gasteiger partial charge on any atom is -1.00 e. The Balaban J connectivity index is 0.00000300. The molecule has 0 bridgehead atoms. The van der Waals surface area contributed by atoms with Crippen molar-refractivity contribution in [3.8, 4) is 0 Å². The highest BCUT2D eigenvalue weighted by molar-refractivity contribution is 7.95. The molecule has 0 heterocycles. The lowest BCUT2D eigenvalue weighted by molar-refractivity contribution is -0.0000167. The van der Waals surface area contributed by atoms with E-state index in [1.165, 1.54) is 15.9 Å². The van der Waals surface area contributed by atoms with Gasteiger partial charge in [0.25, 0.3) is 0 Å². The summed E-state index contributed by atoms with van der Waals surface area (Å²) in [5, 5.41) is 15.2. The molecular weight excluding hydrogens is 486 g/mol. The highest BCUT2D eigenvalue weighted by Gasteiger charge is 2.46. The van der Waals surface area contributed by atoms with E-state index in [-0.39, 0.29) is 24.0 Å². The molecule has 0 spiro atoms. The molecule has 154 valence electrons. The second kappa shape index (κ2) is 11.2. The summed E-state index contributed by atoms with van der Waals surface area (Å²) in [7, 11) is -1.84. The Morgan fingerprint density at radius 1 is 0.690 bits per heavy atom. The van der Waals surface area contributed by atoms with Gasteiger partial charge in [-0.15, -0.1) is 0 Å².